The fraction of sp³-hybridized carbons (Fsp3) is 0. The maximum Gasteiger partial charge on any atom is 0.250 e. The van der Waals surface area contributed by atoms with Crippen LogP contribution in [0.2, 0.25) is 10.0 Å². The summed E-state index contributed by atoms with van der Waals surface area (Å²) < 4.78 is 13.5. The Hall–Kier alpha value is -1.32. The molecule has 0 amide bonds. The maximum atomic E-state index is 13.5. The molecule has 1 heterocycles. The Labute approximate surface area is 101 Å². The lowest BCUT2D eigenvalue weighted by Gasteiger charge is -2.05. The third-order valence-electron chi connectivity index (χ3n) is 2.09. The average molecular weight is 258 g/mol. The molecule has 0 aliphatic heterocycles. The van der Waals surface area contributed by atoms with E-state index in [1.54, 1.807) is 12.1 Å². The summed E-state index contributed by atoms with van der Waals surface area (Å²) >= 11 is 11.7. The molecule has 0 radical (unpaired) electrons. The summed E-state index contributed by atoms with van der Waals surface area (Å²) in [6.45, 7) is 0. The van der Waals surface area contributed by atoms with Gasteiger partial charge in [0.15, 0.2) is 0 Å². The molecule has 2 rings (SSSR count). The van der Waals surface area contributed by atoms with E-state index in [0.29, 0.717) is 15.6 Å². The first-order chi connectivity index (χ1) is 7.58. The summed E-state index contributed by atoms with van der Waals surface area (Å²) in [6, 6.07) is 7.34. The maximum absolute atomic E-state index is 13.5. The van der Waals surface area contributed by atoms with Crippen LogP contribution in [-0.2, 0) is 0 Å². The van der Waals surface area contributed by atoms with Crippen molar-refractivity contribution >= 4 is 23.2 Å². The highest BCUT2D eigenvalue weighted by molar-refractivity contribution is 6.36. The molecule has 2 nitrogen and oxygen atoms in total. The standard InChI is InChI=1S/C11H6Cl2FNO/c12-6-1-2-7(9(13)5-6)8-3-4-10(16)15-11(8)14/h1-5H,(H,15,16). The van der Waals surface area contributed by atoms with Crippen LogP contribution in [0.5, 0.6) is 0 Å². The molecule has 16 heavy (non-hydrogen) atoms. The molecule has 1 aromatic heterocycles. The van der Waals surface area contributed by atoms with Crippen molar-refractivity contribution in [3.05, 3.63) is 56.7 Å². The van der Waals surface area contributed by atoms with Crippen LogP contribution in [0.1, 0.15) is 0 Å². The van der Waals surface area contributed by atoms with Crippen LogP contribution in [-0.4, -0.2) is 4.98 Å². The van der Waals surface area contributed by atoms with Crippen molar-refractivity contribution in [2.75, 3.05) is 0 Å². The molecular weight excluding hydrogens is 252 g/mol. The molecule has 1 aromatic carbocycles. The number of rotatable bonds is 1. The van der Waals surface area contributed by atoms with E-state index < -0.39 is 11.5 Å². The average Bonchev–Trinajstić information content (AvgIpc) is 2.19. The van der Waals surface area contributed by atoms with Gasteiger partial charge in [-0.25, -0.2) is 0 Å². The minimum atomic E-state index is -0.711. The van der Waals surface area contributed by atoms with Crippen LogP contribution in [0.25, 0.3) is 11.1 Å². The van der Waals surface area contributed by atoms with Crippen LogP contribution >= 0.6 is 23.2 Å². The highest BCUT2D eigenvalue weighted by Crippen LogP contribution is 2.30. The van der Waals surface area contributed by atoms with Crippen molar-refractivity contribution in [3.63, 3.8) is 0 Å². The van der Waals surface area contributed by atoms with E-state index in [1.165, 1.54) is 18.2 Å². The Kier molecular flexibility index (Phi) is 2.99. The topological polar surface area (TPSA) is 32.9 Å². The molecule has 0 bridgehead atoms. The first-order valence-corrected chi connectivity index (χ1v) is 5.18. The van der Waals surface area contributed by atoms with Gasteiger partial charge >= 0.3 is 0 Å². The van der Waals surface area contributed by atoms with Gasteiger partial charge in [-0.1, -0.05) is 29.3 Å². The minimum Gasteiger partial charge on any atom is -0.298 e. The first-order valence-electron chi connectivity index (χ1n) is 4.42. The van der Waals surface area contributed by atoms with E-state index in [1.807, 2.05) is 0 Å². The summed E-state index contributed by atoms with van der Waals surface area (Å²) in [6.07, 6.45) is 0. The highest BCUT2D eigenvalue weighted by atomic mass is 35.5. The Morgan fingerprint density at radius 1 is 1.06 bits per heavy atom. The second kappa shape index (κ2) is 4.28. The minimum absolute atomic E-state index is 0.237. The first kappa shape index (κ1) is 11.2. The van der Waals surface area contributed by atoms with Crippen molar-refractivity contribution in [2.45, 2.75) is 0 Å². The van der Waals surface area contributed by atoms with Gasteiger partial charge in [-0.05, 0) is 18.2 Å². The van der Waals surface area contributed by atoms with Crippen LogP contribution in [0.15, 0.2) is 35.1 Å². The molecule has 5 heteroatoms. The SMILES string of the molecule is O=c1ccc(-c2ccc(Cl)cc2Cl)c(F)[nH]1. The Balaban J connectivity index is 2.63. The van der Waals surface area contributed by atoms with Gasteiger partial charge in [-0.2, -0.15) is 4.39 Å². The van der Waals surface area contributed by atoms with Gasteiger partial charge in [0.05, 0.1) is 5.02 Å². The van der Waals surface area contributed by atoms with Crippen LogP contribution < -0.4 is 5.56 Å². The number of hydrogen-bond donors (Lipinski definition) is 1. The van der Waals surface area contributed by atoms with E-state index in [0.717, 1.165) is 0 Å². The molecule has 2 aromatic rings. The Morgan fingerprint density at radius 3 is 2.38 bits per heavy atom. The predicted molar refractivity (Wildman–Crippen MR) is 62.5 cm³/mol. The summed E-state index contributed by atoms with van der Waals surface area (Å²) in [5.41, 5.74) is 0.229. The normalized spacial score (nSPS) is 10.4. The van der Waals surface area contributed by atoms with E-state index in [2.05, 4.69) is 4.98 Å². The lowest BCUT2D eigenvalue weighted by atomic mass is 10.1. The largest absolute Gasteiger partial charge is 0.298 e. The zero-order valence-corrected chi connectivity index (χ0v) is 9.44. The van der Waals surface area contributed by atoms with Crippen LogP contribution in [0.3, 0.4) is 0 Å². The quantitative estimate of drug-likeness (QED) is 0.780. The molecule has 82 valence electrons. The van der Waals surface area contributed by atoms with Gasteiger partial charge in [0.2, 0.25) is 11.5 Å². The molecule has 0 spiro atoms. The summed E-state index contributed by atoms with van der Waals surface area (Å²) in [7, 11) is 0. The molecule has 0 aliphatic carbocycles. The molecule has 0 aliphatic rings. The lowest BCUT2D eigenvalue weighted by Crippen LogP contribution is -2.06. The van der Waals surface area contributed by atoms with Crippen molar-refractivity contribution in [1.82, 2.24) is 4.98 Å². The van der Waals surface area contributed by atoms with Gasteiger partial charge in [-0.15, -0.1) is 0 Å². The molecular formula is C11H6Cl2FNO. The Morgan fingerprint density at radius 2 is 1.75 bits per heavy atom. The van der Waals surface area contributed by atoms with E-state index in [-0.39, 0.29) is 5.56 Å². The van der Waals surface area contributed by atoms with Crippen LogP contribution in [0, 0.1) is 5.95 Å². The lowest BCUT2D eigenvalue weighted by molar-refractivity contribution is 0.583. The monoisotopic (exact) mass is 257 g/mol. The second-order valence-corrected chi connectivity index (χ2v) is 4.02. The predicted octanol–water partition coefficient (Wildman–Crippen LogP) is 3.49. The number of hydrogen-bond acceptors (Lipinski definition) is 1. The second-order valence-electron chi connectivity index (χ2n) is 3.17. The summed E-state index contributed by atoms with van der Waals surface area (Å²) in [4.78, 5) is 12.9. The third kappa shape index (κ3) is 2.10. The number of nitrogens with one attached hydrogen (secondary N) is 1. The Bertz CT molecular complexity index is 595. The van der Waals surface area contributed by atoms with Gasteiger partial charge in [-0.3, -0.25) is 9.78 Å². The zero-order chi connectivity index (χ0) is 11.7. The molecule has 0 atom stereocenters. The molecule has 0 fully saturated rings. The molecule has 0 unspecified atom stereocenters. The van der Waals surface area contributed by atoms with Gasteiger partial charge < -0.3 is 0 Å². The van der Waals surface area contributed by atoms with Crippen molar-refractivity contribution in [2.24, 2.45) is 0 Å². The smallest absolute Gasteiger partial charge is 0.250 e. The highest BCUT2D eigenvalue weighted by Gasteiger charge is 2.09. The van der Waals surface area contributed by atoms with E-state index in [9.17, 15) is 9.18 Å². The van der Waals surface area contributed by atoms with Gasteiger partial charge in [0, 0.05) is 22.2 Å². The molecule has 0 saturated heterocycles. The van der Waals surface area contributed by atoms with Gasteiger partial charge in [0.25, 0.3) is 0 Å². The molecule has 0 saturated carbocycles. The van der Waals surface area contributed by atoms with Crippen molar-refractivity contribution in [3.8, 4) is 11.1 Å². The summed E-state index contributed by atoms with van der Waals surface area (Å²) in [5.74, 6) is -0.711. The zero-order valence-electron chi connectivity index (χ0n) is 7.93. The van der Waals surface area contributed by atoms with Crippen molar-refractivity contribution < 1.29 is 4.39 Å². The number of H-pyrrole nitrogens is 1. The third-order valence-corrected chi connectivity index (χ3v) is 2.64. The number of aromatic amines is 1. The van der Waals surface area contributed by atoms with E-state index in [4.69, 9.17) is 23.2 Å². The van der Waals surface area contributed by atoms with Crippen molar-refractivity contribution in [1.29, 1.82) is 0 Å². The van der Waals surface area contributed by atoms with Crippen LogP contribution in [0.4, 0.5) is 4.39 Å². The molecule has 1 N–H and O–H groups in total. The number of aromatic nitrogens is 1. The fourth-order valence-electron chi connectivity index (χ4n) is 1.37. The fourth-order valence-corrected chi connectivity index (χ4v) is 1.88. The van der Waals surface area contributed by atoms with Gasteiger partial charge in [0.1, 0.15) is 0 Å². The number of pyridine rings is 1. The number of benzene rings is 1. The van der Waals surface area contributed by atoms with E-state index >= 15 is 0 Å². The number of halogens is 3. The summed E-state index contributed by atoms with van der Waals surface area (Å²) in [5, 5.41) is 0.803.